The molecule has 3 rings (SSSR count). The van der Waals surface area contributed by atoms with E-state index in [-0.39, 0.29) is 22.4 Å². The molecule has 8 heteroatoms. The van der Waals surface area contributed by atoms with Crippen molar-refractivity contribution in [1.29, 1.82) is 0 Å². The van der Waals surface area contributed by atoms with E-state index in [2.05, 4.69) is 10.0 Å². The van der Waals surface area contributed by atoms with E-state index in [0.717, 1.165) is 16.7 Å². The van der Waals surface area contributed by atoms with E-state index in [9.17, 15) is 13.2 Å². The van der Waals surface area contributed by atoms with Crippen LogP contribution in [-0.4, -0.2) is 28.5 Å². The molecule has 0 radical (unpaired) electrons. The van der Waals surface area contributed by atoms with Crippen molar-refractivity contribution in [2.45, 2.75) is 38.6 Å². The van der Waals surface area contributed by atoms with Gasteiger partial charge in [0, 0.05) is 11.3 Å². The Morgan fingerprint density at radius 1 is 0.853 bits per heavy atom. The number of amides is 1. The minimum absolute atomic E-state index is 0.0538. The van der Waals surface area contributed by atoms with E-state index in [1.54, 1.807) is 57.5 Å². The van der Waals surface area contributed by atoms with Crippen LogP contribution in [0.3, 0.4) is 0 Å². The molecule has 7 nitrogen and oxygen atoms in total. The number of hydrogen-bond acceptors (Lipinski definition) is 5. The summed E-state index contributed by atoms with van der Waals surface area (Å²) in [6, 6.07) is 15.2. The molecule has 0 aliphatic heterocycles. The molecule has 3 aromatic carbocycles. The number of anilines is 1. The maximum atomic E-state index is 13.1. The Morgan fingerprint density at radius 2 is 1.50 bits per heavy atom. The van der Waals surface area contributed by atoms with Gasteiger partial charge in [0.1, 0.15) is 0 Å². The Labute approximate surface area is 201 Å². The fraction of sp³-hybridized carbons (Fsp3) is 0.269. The summed E-state index contributed by atoms with van der Waals surface area (Å²) in [6.45, 7) is 7.35. The fourth-order valence-electron chi connectivity index (χ4n) is 3.76. The average molecular weight is 483 g/mol. The van der Waals surface area contributed by atoms with Gasteiger partial charge in [-0.3, -0.25) is 9.52 Å². The van der Waals surface area contributed by atoms with Gasteiger partial charge in [-0.1, -0.05) is 18.2 Å². The van der Waals surface area contributed by atoms with Crippen LogP contribution < -0.4 is 19.5 Å². The van der Waals surface area contributed by atoms with Gasteiger partial charge >= 0.3 is 0 Å². The van der Waals surface area contributed by atoms with Crippen LogP contribution in [0.2, 0.25) is 0 Å². The molecule has 3 aromatic rings. The minimum atomic E-state index is -3.89. The summed E-state index contributed by atoms with van der Waals surface area (Å²) in [5.74, 6) is 0.766. The van der Waals surface area contributed by atoms with Crippen LogP contribution in [-0.2, 0) is 10.0 Å². The van der Waals surface area contributed by atoms with Crippen LogP contribution in [0.4, 0.5) is 5.69 Å². The highest BCUT2D eigenvalue weighted by Gasteiger charge is 2.21. The molecule has 180 valence electrons. The van der Waals surface area contributed by atoms with Crippen LogP contribution in [0.5, 0.6) is 11.5 Å². The summed E-state index contributed by atoms with van der Waals surface area (Å²) < 4.78 is 39.5. The number of aryl methyl sites for hydroxylation is 3. The summed E-state index contributed by atoms with van der Waals surface area (Å²) in [5.41, 5.74) is 4.00. The van der Waals surface area contributed by atoms with E-state index in [1.807, 2.05) is 32.9 Å². The fourth-order valence-corrected chi connectivity index (χ4v) is 5.07. The molecule has 1 amide bonds. The minimum Gasteiger partial charge on any atom is -0.493 e. The summed E-state index contributed by atoms with van der Waals surface area (Å²) in [4.78, 5) is 13.0. The summed E-state index contributed by atoms with van der Waals surface area (Å²) in [5, 5.41) is 2.91. The molecule has 0 aliphatic carbocycles. The van der Waals surface area contributed by atoms with Gasteiger partial charge < -0.3 is 14.8 Å². The topological polar surface area (TPSA) is 93.7 Å². The third-order valence-electron chi connectivity index (χ3n) is 5.47. The molecule has 0 fully saturated rings. The van der Waals surface area contributed by atoms with Crippen molar-refractivity contribution in [2.75, 3.05) is 18.9 Å². The number of hydrogen-bond donors (Lipinski definition) is 2. The third-order valence-corrected chi connectivity index (χ3v) is 6.99. The SMILES string of the molecule is COc1ccc([C@@H](C)NC(=O)c2ccc(C)c(S(=O)(=O)Nc3cc(C)cc(C)c3)c2)cc1OC. The van der Waals surface area contributed by atoms with Crippen LogP contribution in [0.1, 0.15) is 45.6 Å². The van der Waals surface area contributed by atoms with Gasteiger partial charge in [0.15, 0.2) is 11.5 Å². The molecular weight excluding hydrogens is 452 g/mol. The molecular formula is C26H30N2O5S. The first-order valence-electron chi connectivity index (χ1n) is 10.8. The lowest BCUT2D eigenvalue weighted by Crippen LogP contribution is -2.27. The van der Waals surface area contributed by atoms with Crippen molar-refractivity contribution in [3.63, 3.8) is 0 Å². The van der Waals surface area contributed by atoms with Crippen molar-refractivity contribution in [3.8, 4) is 11.5 Å². The van der Waals surface area contributed by atoms with E-state index >= 15 is 0 Å². The Bertz CT molecular complexity index is 1300. The first-order chi connectivity index (χ1) is 16.0. The van der Waals surface area contributed by atoms with E-state index in [0.29, 0.717) is 22.7 Å². The van der Waals surface area contributed by atoms with Crippen LogP contribution in [0.25, 0.3) is 0 Å². The molecule has 0 unspecified atom stereocenters. The molecule has 0 aromatic heterocycles. The smallest absolute Gasteiger partial charge is 0.262 e. The highest BCUT2D eigenvalue weighted by molar-refractivity contribution is 7.92. The Kier molecular flexibility index (Phi) is 7.51. The summed E-state index contributed by atoms with van der Waals surface area (Å²) in [7, 11) is -0.788. The van der Waals surface area contributed by atoms with Crippen molar-refractivity contribution >= 4 is 21.6 Å². The third kappa shape index (κ3) is 5.69. The first-order valence-corrected chi connectivity index (χ1v) is 12.3. The number of rotatable bonds is 8. The molecule has 2 N–H and O–H groups in total. The largest absolute Gasteiger partial charge is 0.493 e. The van der Waals surface area contributed by atoms with E-state index in [4.69, 9.17) is 9.47 Å². The lowest BCUT2D eigenvalue weighted by atomic mass is 10.1. The quantitative estimate of drug-likeness (QED) is 0.475. The second-order valence-electron chi connectivity index (χ2n) is 8.27. The monoisotopic (exact) mass is 482 g/mol. The Hall–Kier alpha value is -3.52. The molecule has 0 bridgehead atoms. The maximum Gasteiger partial charge on any atom is 0.262 e. The van der Waals surface area contributed by atoms with Gasteiger partial charge in [-0.2, -0.15) is 0 Å². The van der Waals surface area contributed by atoms with Gasteiger partial charge in [0.2, 0.25) is 0 Å². The average Bonchev–Trinajstić information content (AvgIpc) is 2.77. The molecule has 0 saturated carbocycles. The van der Waals surface area contributed by atoms with Crippen molar-refractivity contribution in [2.24, 2.45) is 0 Å². The predicted molar refractivity (Wildman–Crippen MR) is 133 cm³/mol. The van der Waals surface area contributed by atoms with Crippen molar-refractivity contribution < 1.29 is 22.7 Å². The van der Waals surface area contributed by atoms with Gasteiger partial charge in [-0.25, -0.2) is 8.42 Å². The highest BCUT2D eigenvalue weighted by atomic mass is 32.2. The zero-order valence-corrected chi connectivity index (χ0v) is 21.0. The summed E-state index contributed by atoms with van der Waals surface area (Å²) >= 11 is 0. The number of sulfonamides is 1. The highest BCUT2D eigenvalue weighted by Crippen LogP contribution is 2.30. The molecule has 0 saturated heterocycles. The number of benzene rings is 3. The molecule has 0 spiro atoms. The second-order valence-corrected chi connectivity index (χ2v) is 9.92. The van der Waals surface area contributed by atoms with Crippen LogP contribution in [0, 0.1) is 20.8 Å². The van der Waals surface area contributed by atoms with Crippen LogP contribution >= 0.6 is 0 Å². The van der Waals surface area contributed by atoms with Gasteiger partial charge in [0.25, 0.3) is 15.9 Å². The van der Waals surface area contributed by atoms with Crippen LogP contribution in [0.15, 0.2) is 59.5 Å². The van der Waals surface area contributed by atoms with Crippen molar-refractivity contribution in [1.82, 2.24) is 5.32 Å². The van der Waals surface area contributed by atoms with Crippen molar-refractivity contribution in [3.05, 3.63) is 82.4 Å². The molecule has 0 heterocycles. The second kappa shape index (κ2) is 10.2. The number of carbonyl (C=O) groups is 1. The summed E-state index contributed by atoms with van der Waals surface area (Å²) in [6.07, 6.45) is 0. The lowest BCUT2D eigenvalue weighted by Gasteiger charge is -2.17. The number of nitrogens with one attached hydrogen (secondary N) is 2. The zero-order valence-electron chi connectivity index (χ0n) is 20.2. The predicted octanol–water partition coefficient (Wildman–Crippen LogP) is 4.92. The Balaban J connectivity index is 1.84. The Morgan fingerprint density at radius 3 is 2.12 bits per heavy atom. The standard InChI is InChI=1S/C26H30N2O5S/c1-16-11-17(2)13-22(12-16)28-34(30,31)25-15-21(8-7-18(25)3)26(29)27-19(4)20-9-10-23(32-5)24(14-20)33-6/h7-15,19,28H,1-6H3,(H,27,29)/t19-/m1/s1. The number of ether oxygens (including phenoxy) is 2. The maximum absolute atomic E-state index is 13.1. The molecule has 1 atom stereocenters. The first kappa shape index (κ1) is 25.1. The van der Waals surface area contributed by atoms with Gasteiger partial charge in [0.05, 0.1) is 25.2 Å². The van der Waals surface area contributed by atoms with E-state index < -0.39 is 10.0 Å². The van der Waals surface area contributed by atoms with Gasteiger partial charge in [-0.05, 0) is 86.3 Å². The molecule has 0 aliphatic rings. The van der Waals surface area contributed by atoms with Gasteiger partial charge in [-0.15, -0.1) is 0 Å². The zero-order chi connectivity index (χ0) is 25.0. The lowest BCUT2D eigenvalue weighted by molar-refractivity contribution is 0.0939. The normalized spacial score (nSPS) is 12.1. The molecule has 34 heavy (non-hydrogen) atoms. The van der Waals surface area contributed by atoms with E-state index in [1.165, 1.54) is 6.07 Å². The number of carbonyl (C=O) groups excluding carboxylic acids is 1. The number of methoxy groups -OCH3 is 2.